The highest BCUT2D eigenvalue weighted by Gasteiger charge is 2.41. The van der Waals surface area contributed by atoms with Crippen LogP contribution >= 0.6 is 24.0 Å². The summed E-state index contributed by atoms with van der Waals surface area (Å²) in [6.45, 7) is 5.66. The zero-order valence-corrected chi connectivity index (χ0v) is 16.2. The fourth-order valence-electron chi connectivity index (χ4n) is 3.97. The van der Waals surface area contributed by atoms with Gasteiger partial charge in [-0.1, -0.05) is 6.42 Å². The normalized spacial score (nSPS) is 35.3. The maximum absolute atomic E-state index is 5.89. The Balaban J connectivity index is 0.00000176. The number of likely N-dealkylation sites (tertiary alicyclic amines) is 1. The van der Waals surface area contributed by atoms with Gasteiger partial charge in [0.2, 0.25) is 0 Å². The second-order valence-electron chi connectivity index (χ2n) is 6.74. The molecule has 0 aromatic carbocycles. The second-order valence-corrected chi connectivity index (χ2v) is 6.74. The summed E-state index contributed by atoms with van der Waals surface area (Å²) in [5.41, 5.74) is 0. The quantitative estimate of drug-likeness (QED) is 0.413. The number of hydrogen-bond donors (Lipinski definition) is 2. The number of ether oxygens (including phenoxy) is 1. The van der Waals surface area contributed by atoms with Gasteiger partial charge in [-0.15, -0.1) is 24.0 Å². The van der Waals surface area contributed by atoms with Crippen LogP contribution in [0.3, 0.4) is 0 Å². The summed E-state index contributed by atoms with van der Waals surface area (Å²) in [6, 6.07) is 1.18. The van der Waals surface area contributed by atoms with E-state index < -0.39 is 0 Å². The molecule has 0 aromatic heterocycles. The Bertz CT molecular complexity index is 379. The number of nitrogens with zero attached hydrogens (tertiary/aromatic N) is 2. The van der Waals surface area contributed by atoms with E-state index >= 15 is 0 Å². The lowest BCUT2D eigenvalue weighted by Gasteiger charge is -2.33. The minimum absolute atomic E-state index is 0. The fraction of sp³-hybridized carbons (Fsp3) is 0.938. The van der Waals surface area contributed by atoms with Gasteiger partial charge in [0.1, 0.15) is 0 Å². The molecule has 4 atom stereocenters. The molecule has 2 bridgehead atoms. The van der Waals surface area contributed by atoms with Crippen molar-refractivity contribution in [1.29, 1.82) is 0 Å². The molecule has 0 saturated carbocycles. The maximum atomic E-state index is 5.89. The van der Waals surface area contributed by atoms with E-state index in [9.17, 15) is 0 Å². The number of rotatable bonds is 4. The van der Waals surface area contributed by atoms with Gasteiger partial charge in [0.15, 0.2) is 5.96 Å². The molecular formula is C16H31IN4O. The number of aliphatic imine (C=N–C) groups is 1. The van der Waals surface area contributed by atoms with Crippen LogP contribution in [0.25, 0.3) is 0 Å². The van der Waals surface area contributed by atoms with Crippen LogP contribution < -0.4 is 10.6 Å². The van der Waals surface area contributed by atoms with Crippen LogP contribution in [0.4, 0.5) is 0 Å². The molecule has 0 radical (unpaired) electrons. The van der Waals surface area contributed by atoms with Crippen molar-refractivity contribution in [3.05, 3.63) is 0 Å². The van der Waals surface area contributed by atoms with Crippen LogP contribution in [0.1, 0.15) is 45.4 Å². The second kappa shape index (κ2) is 8.68. The molecule has 0 aliphatic carbocycles. The molecule has 0 spiro atoms. The predicted octanol–water partition coefficient (Wildman–Crippen LogP) is 1.96. The molecule has 5 nitrogen and oxygen atoms in total. The molecular weight excluding hydrogens is 391 g/mol. The Hall–Kier alpha value is -0.0800. The molecule has 128 valence electrons. The first-order chi connectivity index (χ1) is 10.3. The Morgan fingerprint density at radius 3 is 2.77 bits per heavy atom. The van der Waals surface area contributed by atoms with Gasteiger partial charge in [-0.3, -0.25) is 9.89 Å². The number of hydrogen-bond acceptors (Lipinski definition) is 3. The first kappa shape index (κ1) is 18.3. The highest BCUT2D eigenvalue weighted by molar-refractivity contribution is 14.0. The van der Waals surface area contributed by atoms with Gasteiger partial charge >= 0.3 is 0 Å². The van der Waals surface area contributed by atoms with E-state index in [0.29, 0.717) is 18.2 Å². The van der Waals surface area contributed by atoms with Gasteiger partial charge in [-0.05, 0) is 45.6 Å². The summed E-state index contributed by atoms with van der Waals surface area (Å²) in [5, 5.41) is 7.01. The summed E-state index contributed by atoms with van der Waals surface area (Å²) in [4.78, 5) is 6.94. The molecule has 6 heteroatoms. The molecule has 3 aliphatic rings. The highest BCUT2D eigenvalue weighted by Crippen LogP contribution is 2.34. The molecule has 4 unspecified atom stereocenters. The van der Waals surface area contributed by atoms with E-state index in [4.69, 9.17) is 4.74 Å². The van der Waals surface area contributed by atoms with Crippen molar-refractivity contribution < 1.29 is 4.74 Å². The summed E-state index contributed by atoms with van der Waals surface area (Å²) >= 11 is 0. The van der Waals surface area contributed by atoms with Gasteiger partial charge in [-0.25, -0.2) is 0 Å². The van der Waals surface area contributed by atoms with Crippen LogP contribution in [-0.4, -0.2) is 61.8 Å². The third-order valence-corrected chi connectivity index (χ3v) is 5.28. The first-order valence-electron chi connectivity index (χ1n) is 8.63. The predicted molar refractivity (Wildman–Crippen MR) is 101 cm³/mol. The average molecular weight is 422 g/mol. The number of piperidine rings is 1. The third-order valence-electron chi connectivity index (χ3n) is 5.28. The number of halogens is 1. The van der Waals surface area contributed by atoms with Crippen molar-refractivity contribution in [1.82, 2.24) is 15.5 Å². The van der Waals surface area contributed by atoms with Crippen LogP contribution in [-0.2, 0) is 4.74 Å². The van der Waals surface area contributed by atoms with Crippen molar-refractivity contribution in [3.8, 4) is 0 Å². The van der Waals surface area contributed by atoms with Gasteiger partial charge in [0.05, 0.1) is 18.2 Å². The van der Waals surface area contributed by atoms with Crippen LogP contribution in [0.5, 0.6) is 0 Å². The van der Waals surface area contributed by atoms with Crippen LogP contribution in [0.2, 0.25) is 0 Å². The Kier molecular flexibility index (Phi) is 7.21. The maximum Gasteiger partial charge on any atom is 0.191 e. The van der Waals surface area contributed by atoms with E-state index in [1.807, 2.05) is 7.05 Å². The lowest BCUT2D eigenvalue weighted by atomic mass is 9.96. The third kappa shape index (κ3) is 4.47. The van der Waals surface area contributed by atoms with E-state index in [2.05, 4.69) is 27.4 Å². The number of nitrogens with one attached hydrogen (secondary N) is 2. The molecule has 0 aromatic rings. The van der Waals surface area contributed by atoms with Gasteiger partial charge in [0, 0.05) is 26.2 Å². The summed E-state index contributed by atoms with van der Waals surface area (Å²) in [6.07, 6.45) is 8.53. The molecule has 3 aliphatic heterocycles. The summed E-state index contributed by atoms with van der Waals surface area (Å²) in [7, 11) is 1.85. The van der Waals surface area contributed by atoms with Crippen LogP contribution in [0.15, 0.2) is 4.99 Å². The zero-order chi connectivity index (χ0) is 14.7. The first-order valence-corrected chi connectivity index (χ1v) is 8.63. The van der Waals surface area contributed by atoms with Crippen molar-refractivity contribution in [2.45, 2.75) is 69.7 Å². The monoisotopic (exact) mass is 422 g/mol. The Labute approximate surface area is 151 Å². The van der Waals surface area contributed by atoms with E-state index in [-0.39, 0.29) is 24.0 Å². The Morgan fingerprint density at radius 2 is 2.14 bits per heavy atom. The Morgan fingerprint density at radius 1 is 1.27 bits per heavy atom. The molecule has 0 amide bonds. The summed E-state index contributed by atoms with van der Waals surface area (Å²) in [5.74, 6) is 0.931. The largest absolute Gasteiger partial charge is 0.373 e. The zero-order valence-electron chi connectivity index (χ0n) is 13.9. The fourth-order valence-corrected chi connectivity index (χ4v) is 3.97. The van der Waals surface area contributed by atoms with Gasteiger partial charge in [0.25, 0.3) is 0 Å². The van der Waals surface area contributed by atoms with Crippen molar-refractivity contribution in [3.63, 3.8) is 0 Å². The highest BCUT2D eigenvalue weighted by atomic mass is 127. The molecule has 3 saturated heterocycles. The SMILES string of the molecule is CN=C(NCCN1CCCCC1C)NC1CC2CCC1O2.I. The molecule has 3 rings (SSSR count). The minimum Gasteiger partial charge on any atom is -0.373 e. The van der Waals surface area contributed by atoms with E-state index in [1.54, 1.807) is 0 Å². The van der Waals surface area contributed by atoms with E-state index in [1.165, 1.54) is 38.6 Å². The number of fused-ring (bicyclic) bond motifs is 2. The van der Waals surface area contributed by atoms with Gasteiger partial charge < -0.3 is 15.4 Å². The molecule has 3 heterocycles. The lowest BCUT2D eigenvalue weighted by molar-refractivity contribution is 0.0992. The van der Waals surface area contributed by atoms with Gasteiger partial charge in [-0.2, -0.15) is 0 Å². The standard InChI is InChI=1S/C16H30N4O.HI/c1-12-5-3-4-9-20(12)10-8-18-16(17-2)19-14-11-13-6-7-15(14)21-13;/h12-15H,3-11H2,1-2H3,(H2,17,18,19);1H. The summed E-state index contributed by atoms with van der Waals surface area (Å²) < 4.78 is 5.89. The van der Waals surface area contributed by atoms with Crippen molar-refractivity contribution in [2.75, 3.05) is 26.7 Å². The van der Waals surface area contributed by atoms with Crippen molar-refractivity contribution in [2.24, 2.45) is 4.99 Å². The lowest BCUT2D eigenvalue weighted by Crippen LogP contribution is -2.49. The molecule has 3 fully saturated rings. The average Bonchev–Trinajstić information content (AvgIpc) is 3.10. The number of guanidine groups is 1. The van der Waals surface area contributed by atoms with Crippen molar-refractivity contribution >= 4 is 29.9 Å². The minimum atomic E-state index is 0. The van der Waals surface area contributed by atoms with E-state index in [0.717, 1.165) is 31.5 Å². The topological polar surface area (TPSA) is 48.9 Å². The smallest absolute Gasteiger partial charge is 0.191 e. The molecule has 22 heavy (non-hydrogen) atoms. The molecule has 2 N–H and O–H groups in total. The van der Waals surface area contributed by atoms with Crippen LogP contribution in [0, 0.1) is 0 Å².